The normalized spacial score (nSPS) is 11.1. The number of ether oxygens (including phenoxy) is 1. The van der Waals surface area contributed by atoms with Gasteiger partial charge in [-0.25, -0.2) is 9.37 Å². The number of benzene rings is 3. The number of amides is 1. The van der Waals surface area contributed by atoms with Crippen molar-refractivity contribution in [2.75, 3.05) is 13.2 Å². The number of halogens is 2. The van der Waals surface area contributed by atoms with E-state index in [0.29, 0.717) is 18.2 Å². The Kier molecular flexibility index (Phi) is 9.33. The molecule has 36 heavy (non-hydrogen) atoms. The predicted molar refractivity (Wildman–Crippen MR) is 142 cm³/mol. The number of hydrogen-bond acceptors (Lipinski definition) is 3. The van der Waals surface area contributed by atoms with Gasteiger partial charge in [0.1, 0.15) is 17.4 Å². The zero-order chi connectivity index (χ0) is 25.2. The highest BCUT2D eigenvalue weighted by atomic mass is 35.5. The first kappa shape index (κ1) is 25.7. The number of carbonyl (C=O) groups is 1. The summed E-state index contributed by atoms with van der Waals surface area (Å²) < 4.78 is 21.9. The summed E-state index contributed by atoms with van der Waals surface area (Å²) in [6.45, 7) is 2.07. The van der Waals surface area contributed by atoms with Crippen LogP contribution in [-0.4, -0.2) is 28.6 Å². The molecule has 0 atom stereocenters. The number of para-hydroxylation sites is 2. The predicted octanol–water partition coefficient (Wildman–Crippen LogP) is 6.83. The fourth-order valence-electron chi connectivity index (χ4n) is 4.19. The highest BCUT2D eigenvalue weighted by Crippen LogP contribution is 2.20. The van der Waals surface area contributed by atoms with Gasteiger partial charge in [0, 0.05) is 24.5 Å². The van der Waals surface area contributed by atoms with Crippen LogP contribution in [0.2, 0.25) is 5.02 Å². The van der Waals surface area contributed by atoms with Gasteiger partial charge in [-0.05, 0) is 74.2 Å². The number of carbonyl (C=O) groups excluding carboxylic acids is 1. The smallest absolute Gasteiger partial charge is 0.254 e. The lowest BCUT2D eigenvalue weighted by Crippen LogP contribution is -2.25. The monoisotopic (exact) mass is 507 g/mol. The molecule has 0 aliphatic rings. The molecule has 0 aliphatic heterocycles. The maximum absolute atomic E-state index is 13.7. The molecule has 4 rings (SSSR count). The molecule has 188 valence electrons. The second-order valence-electron chi connectivity index (χ2n) is 8.72. The van der Waals surface area contributed by atoms with Crippen molar-refractivity contribution in [1.82, 2.24) is 14.9 Å². The molecule has 0 unspecified atom stereocenters. The lowest BCUT2D eigenvalue weighted by molar-refractivity contribution is 0.0949. The van der Waals surface area contributed by atoms with E-state index in [2.05, 4.69) is 22.0 Å². The Balaban J connectivity index is 1.22. The Morgan fingerprint density at radius 1 is 0.917 bits per heavy atom. The van der Waals surface area contributed by atoms with Crippen LogP contribution in [0.3, 0.4) is 0 Å². The quantitative estimate of drug-likeness (QED) is 0.202. The number of unbranched alkanes of at least 4 members (excludes halogenated alkanes) is 3. The van der Waals surface area contributed by atoms with Gasteiger partial charge in [0.25, 0.3) is 5.91 Å². The van der Waals surface area contributed by atoms with Crippen molar-refractivity contribution < 1.29 is 13.9 Å². The van der Waals surface area contributed by atoms with E-state index in [1.807, 2.05) is 36.4 Å². The molecule has 1 amide bonds. The summed E-state index contributed by atoms with van der Waals surface area (Å²) in [7, 11) is 0. The average Bonchev–Trinajstić information content (AvgIpc) is 3.24. The molecule has 5 nitrogen and oxygen atoms in total. The van der Waals surface area contributed by atoms with Crippen molar-refractivity contribution in [2.24, 2.45) is 0 Å². The fourth-order valence-corrected chi connectivity index (χ4v) is 4.31. The molecule has 0 bridgehead atoms. The molecule has 0 saturated carbocycles. The number of rotatable bonds is 13. The van der Waals surface area contributed by atoms with Gasteiger partial charge in [-0.2, -0.15) is 0 Å². The lowest BCUT2D eigenvalue weighted by atomic mass is 10.1. The third-order valence-electron chi connectivity index (χ3n) is 6.07. The van der Waals surface area contributed by atoms with Gasteiger partial charge in [-0.15, -0.1) is 0 Å². The van der Waals surface area contributed by atoms with Crippen molar-refractivity contribution in [2.45, 2.75) is 45.1 Å². The molecule has 0 radical (unpaired) electrons. The van der Waals surface area contributed by atoms with Crippen LogP contribution in [0.5, 0.6) is 5.75 Å². The molecule has 0 saturated heterocycles. The maximum Gasteiger partial charge on any atom is 0.254 e. The van der Waals surface area contributed by atoms with Crippen LogP contribution < -0.4 is 10.1 Å². The standard InChI is InChI=1S/C29H31ClFN3O2/c30-22-15-17-23(18-16-22)36-21-9-8-20-34-27-13-6-5-12-26(27)33-28(34)14-2-1-7-19-32-29(35)24-10-3-4-11-25(24)31/h3-6,10-13,15-18H,1-2,7-9,14,19-21H2,(H,32,35). The van der Waals surface area contributed by atoms with E-state index in [9.17, 15) is 9.18 Å². The first-order chi connectivity index (χ1) is 17.6. The zero-order valence-corrected chi connectivity index (χ0v) is 21.0. The van der Waals surface area contributed by atoms with Gasteiger partial charge in [0.15, 0.2) is 0 Å². The zero-order valence-electron chi connectivity index (χ0n) is 20.3. The molecular formula is C29H31ClFN3O2. The molecule has 0 spiro atoms. The number of imidazole rings is 1. The topological polar surface area (TPSA) is 56.2 Å². The molecule has 3 aromatic carbocycles. The van der Waals surface area contributed by atoms with E-state index in [1.165, 1.54) is 12.1 Å². The van der Waals surface area contributed by atoms with E-state index in [-0.39, 0.29) is 11.5 Å². The maximum atomic E-state index is 13.7. The van der Waals surface area contributed by atoms with Crippen LogP contribution in [0.25, 0.3) is 11.0 Å². The van der Waals surface area contributed by atoms with Crippen LogP contribution in [-0.2, 0) is 13.0 Å². The third kappa shape index (κ3) is 7.08. The lowest BCUT2D eigenvalue weighted by Gasteiger charge is -2.10. The summed E-state index contributed by atoms with van der Waals surface area (Å²) in [4.78, 5) is 17.0. The van der Waals surface area contributed by atoms with Crippen LogP contribution in [0.15, 0.2) is 72.8 Å². The summed E-state index contributed by atoms with van der Waals surface area (Å²) in [6, 6.07) is 21.7. The van der Waals surface area contributed by atoms with Gasteiger partial charge in [-0.3, -0.25) is 4.79 Å². The van der Waals surface area contributed by atoms with Crippen molar-refractivity contribution in [3.05, 3.63) is 95.0 Å². The van der Waals surface area contributed by atoms with Gasteiger partial charge < -0.3 is 14.6 Å². The van der Waals surface area contributed by atoms with Gasteiger partial charge >= 0.3 is 0 Å². The summed E-state index contributed by atoms with van der Waals surface area (Å²) in [5.74, 6) is 1.06. The molecule has 1 heterocycles. The van der Waals surface area contributed by atoms with Crippen molar-refractivity contribution in [3.8, 4) is 5.75 Å². The second kappa shape index (κ2) is 13.1. The molecule has 1 aromatic heterocycles. The van der Waals surface area contributed by atoms with Gasteiger partial charge in [-0.1, -0.05) is 42.3 Å². The Morgan fingerprint density at radius 3 is 2.53 bits per heavy atom. The third-order valence-corrected chi connectivity index (χ3v) is 6.33. The summed E-state index contributed by atoms with van der Waals surface area (Å²) in [5.41, 5.74) is 2.26. The molecule has 0 fully saturated rings. The summed E-state index contributed by atoms with van der Waals surface area (Å²) >= 11 is 5.92. The van der Waals surface area contributed by atoms with E-state index in [1.54, 1.807) is 12.1 Å². The average molecular weight is 508 g/mol. The van der Waals surface area contributed by atoms with Crippen LogP contribution in [0.4, 0.5) is 4.39 Å². The number of nitrogens with zero attached hydrogens (tertiary/aromatic N) is 2. The van der Waals surface area contributed by atoms with E-state index in [4.69, 9.17) is 21.3 Å². The Hall–Kier alpha value is -3.38. The number of fused-ring (bicyclic) bond motifs is 1. The largest absolute Gasteiger partial charge is 0.494 e. The minimum absolute atomic E-state index is 0.0878. The molecular weight excluding hydrogens is 477 g/mol. The second-order valence-corrected chi connectivity index (χ2v) is 9.16. The van der Waals surface area contributed by atoms with Crippen LogP contribution >= 0.6 is 11.6 Å². The number of aromatic nitrogens is 2. The van der Waals surface area contributed by atoms with E-state index < -0.39 is 5.82 Å². The Labute approximate surface area is 216 Å². The Morgan fingerprint density at radius 2 is 1.69 bits per heavy atom. The van der Waals surface area contributed by atoms with Crippen LogP contribution in [0, 0.1) is 5.82 Å². The minimum Gasteiger partial charge on any atom is -0.494 e. The SMILES string of the molecule is O=C(NCCCCCc1nc2ccccc2n1CCCCOc1ccc(Cl)cc1)c1ccccc1F. The number of aryl methyl sites for hydroxylation is 2. The van der Waals surface area contributed by atoms with Crippen molar-refractivity contribution in [1.29, 1.82) is 0 Å². The molecule has 1 N–H and O–H groups in total. The molecule has 7 heteroatoms. The molecule has 4 aromatic rings. The summed E-state index contributed by atoms with van der Waals surface area (Å²) in [6.07, 6.45) is 5.56. The van der Waals surface area contributed by atoms with E-state index >= 15 is 0 Å². The molecule has 0 aliphatic carbocycles. The fraction of sp³-hybridized carbons (Fsp3) is 0.310. The summed E-state index contributed by atoms with van der Waals surface area (Å²) in [5, 5.41) is 3.51. The highest BCUT2D eigenvalue weighted by molar-refractivity contribution is 6.30. The number of nitrogens with one attached hydrogen (secondary N) is 1. The Bertz CT molecular complexity index is 1270. The highest BCUT2D eigenvalue weighted by Gasteiger charge is 2.11. The first-order valence-electron chi connectivity index (χ1n) is 12.5. The van der Waals surface area contributed by atoms with Gasteiger partial charge in [0.2, 0.25) is 0 Å². The first-order valence-corrected chi connectivity index (χ1v) is 12.8. The van der Waals surface area contributed by atoms with E-state index in [0.717, 1.165) is 67.7 Å². The number of hydrogen-bond donors (Lipinski definition) is 1. The van der Waals surface area contributed by atoms with Crippen molar-refractivity contribution >= 4 is 28.5 Å². The van der Waals surface area contributed by atoms with Gasteiger partial charge in [0.05, 0.1) is 23.2 Å². The van der Waals surface area contributed by atoms with Crippen LogP contribution in [0.1, 0.15) is 48.3 Å². The van der Waals surface area contributed by atoms with Crippen molar-refractivity contribution in [3.63, 3.8) is 0 Å². The minimum atomic E-state index is -0.495.